The molecule has 72 heavy (non-hydrogen) atoms. The third-order valence-electron chi connectivity index (χ3n) is 14.1. The Hall–Kier alpha value is -2.69. The summed E-state index contributed by atoms with van der Waals surface area (Å²) in [6, 6.07) is 0. The first kappa shape index (κ1) is 69.3. The average molecular weight is 1020 g/mol. The van der Waals surface area contributed by atoms with Crippen molar-refractivity contribution in [1.29, 1.82) is 0 Å². The molecule has 0 bridgehead atoms. The van der Waals surface area contributed by atoms with Crippen molar-refractivity contribution < 1.29 is 47.7 Å². The number of nitrogens with zero attached hydrogens (tertiary/aromatic N) is 1. The lowest BCUT2D eigenvalue weighted by molar-refractivity contribution is -0.154. The second-order valence-corrected chi connectivity index (χ2v) is 21.0. The molecule has 0 aliphatic carbocycles. The van der Waals surface area contributed by atoms with Gasteiger partial charge in [0.2, 0.25) is 0 Å². The summed E-state index contributed by atoms with van der Waals surface area (Å²) in [5, 5.41) is 0. The van der Waals surface area contributed by atoms with Crippen LogP contribution in [0, 0.1) is 5.92 Å². The Morgan fingerprint density at radius 3 is 0.847 bits per heavy atom. The first-order valence-corrected chi connectivity index (χ1v) is 30.7. The lowest BCUT2D eigenvalue weighted by Gasteiger charge is -2.19. The number of unbranched alkanes of at least 4 members (excludes halogenated alkanes) is 26. The van der Waals surface area contributed by atoms with Crippen LogP contribution in [0.4, 0.5) is 0 Å². The molecule has 0 aromatic heterocycles. The van der Waals surface area contributed by atoms with E-state index in [4.69, 9.17) is 23.7 Å². The molecule has 11 heteroatoms. The molecule has 0 N–H and O–H groups in total. The highest BCUT2D eigenvalue weighted by Gasteiger charge is 2.20. The maximum atomic E-state index is 12.8. The molecular formula is C61H115NO10. The number of carbonyl (C=O) groups is 5. The van der Waals surface area contributed by atoms with Gasteiger partial charge in [-0.05, 0) is 90.1 Å². The second-order valence-electron chi connectivity index (χ2n) is 21.0. The first-order valence-electron chi connectivity index (χ1n) is 30.7. The monoisotopic (exact) mass is 1020 g/mol. The van der Waals surface area contributed by atoms with Crippen LogP contribution in [0.15, 0.2) is 0 Å². The smallest absolute Gasteiger partial charge is 0.307 e. The van der Waals surface area contributed by atoms with Crippen molar-refractivity contribution in [2.75, 3.05) is 39.5 Å². The Labute approximate surface area is 443 Å². The highest BCUT2D eigenvalue weighted by Crippen LogP contribution is 2.21. The maximum Gasteiger partial charge on any atom is 0.307 e. The maximum absolute atomic E-state index is 12.8. The summed E-state index contributed by atoms with van der Waals surface area (Å²) in [5.41, 5.74) is 0. The largest absolute Gasteiger partial charge is 0.465 e. The van der Waals surface area contributed by atoms with Gasteiger partial charge >= 0.3 is 29.8 Å². The van der Waals surface area contributed by atoms with Crippen LogP contribution in [-0.2, 0) is 47.7 Å². The molecule has 0 aromatic carbocycles. The van der Waals surface area contributed by atoms with Gasteiger partial charge in [0.25, 0.3) is 0 Å². The Balaban J connectivity index is 4.80. The number of rotatable bonds is 55. The van der Waals surface area contributed by atoms with E-state index < -0.39 is 5.92 Å². The van der Waals surface area contributed by atoms with E-state index in [1.807, 2.05) is 0 Å². The summed E-state index contributed by atoms with van der Waals surface area (Å²) in [5.74, 6) is -1.72. The lowest BCUT2D eigenvalue weighted by Crippen LogP contribution is -2.29. The molecule has 0 saturated heterocycles. The zero-order valence-corrected chi connectivity index (χ0v) is 48.0. The Morgan fingerprint density at radius 2 is 0.556 bits per heavy atom. The summed E-state index contributed by atoms with van der Waals surface area (Å²) in [6.07, 6.45) is 41.0. The molecule has 0 radical (unpaired) electrons. The minimum Gasteiger partial charge on any atom is -0.465 e. The van der Waals surface area contributed by atoms with E-state index in [0.717, 1.165) is 103 Å². The molecule has 0 unspecified atom stereocenters. The molecule has 0 saturated carbocycles. The highest BCUT2D eigenvalue weighted by molar-refractivity contribution is 5.71. The zero-order chi connectivity index (χ0) is 53.0. The van der Waals surface area contributed by atoms with Gasteiger partial charge in [0, 0.05) is 32.2 Å². The molecule has 0 fully saturated rings. The fraction of sp³-hybridized carbons (Fsp3) is 0.918. The number of hydrogen-bond acceptors (Lipinski definition) is 11. The molecule has 0 rings (SSSR count). The predicted octanol–water partition coefficient (Wildman–Crippen LogP) is 16.5. The van der Waals surface area contributed by atoms with Crippen LogP contribution in [0.2, 0.25) is 0 Å². The fourth-order valence-corrected chi connectivity index (χ4v) is 9.19. The lowest BCUT2D eigenvalue weighted by atomic mass is 10.0. The van der Waals surface area contributed by atoms with Gasteiger partial charge in [-0.25, -0.2) is 0 Å². The molecule has 424 valence electrons. The van der Waals surface area contributed by atoms with Crippen LogP contribution in [0.5, 0.6) is 0 Å². The van der Waals surface area contributed by atoms with E-state index in [-0.39, 0.29) is 81.1 Å². The van der Waals surface area contributed by atoms with Crippen molar-refractivity contribution in [3.8, 4) is 0 Å². The van der Waals surface area contributed by atoms with Crippen LogP contribution >= 0.6 is 0 Å². The molecule has 0 aliphatic rings. The van der Waals surface area contributed by atoms with Gasteiger partial charge in [0.1, 0.15) is 32.0 Å². The second kappa shape index (κ2) is 53.1. The van der Waals surface area contributed by atoms with Crippen molar-refractivity contribution in [1.82, 2.24) is 4.90 Å². The van der Waals surface area contributed by atoms with E-state index in [0.29, 0.717) is 32.2 Å². The van der Waals surface area contributed by atoms with Gasteiger partial charge in [-0.1, -0.05) is 196 Å². The van der Waals surface area contributed by atoms with Gasteiger partial charge in [0.05, 0.1) is 12.3 Å². The summed E-state index contributed by atoms with van der Waals surface area (Å²) in [6.45, 7) is 15.3. The molecule has 0 spiro atoms. The standard InChI is InChI=1S/C61H115NO10/c1-7-13-17-21-25-33-41-55(42-34-26-22-18-14-8-2)71-60(66)47-39-31-29-37-45-57(63)68-51-54(53-70-59(65)49-50-62(11-5)12-6)52-69-58(64)46-38-30-32-40-48-61(67)72-56(43-35-27-23-19-15-9-3)44-36-28-24-20-16-10-4/h54-56H,7-53H2,1-6H3. The van der Waals surface area contributed by atoms with E-state index in [1.165, 1.54) is 128 Å². The fourth-order valence-electron chi connectivity index (χ4n) is 9.19. The van der Waals surface area contributed by atoms with Crippen molar-refractivity contribution in [3.63, 3.8) is 0 Å². The number of hydrogen-bond donors (Lipinski definition) is 0. The topological polar surface area (TPSA) is 135 Å². The third kappa shape index (κ3) is 47.1. The predicted molar refractivity (Wildman–Crippen MR) is 296 cm³/mol. The van der Waals surface area contributed by atoms with Crippen molar-refractivity contribution in [3.05, 3.63) is 0 Å². The summed E-state index contributed by atoms with van der Waals surface area (Å²) < 4.78 is 28.8. The number of esters is 5. The molecule has 0 aliphatic heterocycles. The molecule has 0 heterocycles. The molecule has 0 amide bonds. The number of ether oxygens (including phenoxy) is 5. The van der Waals surface area contributed by atoms with E-state index in [2.05, 4.69) is 46.4 Å². The minimum absolute atomic E-state index is 0.0125. The molecule has 0 aromatic rings. The van der Waals surface area contributed by atoms with Gasteiger partial charge in [-0.15, -0.1) is 0 Å². The third-order valence-corrected chi connectivity index (χ3v) is 14.1. The van der Waals surface area contributed by atoms with Crippen molar-refractivity contribution >= 4 is 29.8 Å². The SMILES string of the molecule is CCCCCCCCC(CCCCCCCC)OC(=O)CCCCCCC(=O)OCC(COC(=O)CCCCCCC(=O)OC(CCCCCCCC)CCCCCCCC)COC(=O)CCN(CC)CC. The minimum atomic E-state index is -0.482. The van der Waals surface area contributed by atoms with E-state index in [9.17, 15) is 24.0 Å². The Morgan fingerprint density at radius 1 is 0.306 bits per heavy atom. The highest BCUT2D eigenvalue weighted by atomic mass is 16.6. The van der Waals surface area contributed by atoms with E-state index in [1.54, 1.807) is 0 Å². The molecule has 11 nitrogen and oxygen atoms in total. The quantitative estimate of drug-likeness (QED) is 0.0327. The van der Waals surface area contributed by atoms with Crippen LogP contribution < -0.4 is 0 Å². The van der Waals surface area contributed by atoms with Gasteiger partial charge in [-0.3, -0.25) is 24.0 Å². The Bertz CT molecular complexity index is 1150. The van der Waals surface area contributed by atoms with Crippen LogP contribution in [0.1, 0.15) is 305 Å². The normalized spacial score (nSPS) is 11.5. The number of carbonyl (C=O) groups excluding carboxylic acids is 5. The summed E-state index contributed by atoms with van der Waals surface area (Å²) >= 11 is 0. The van der Waals surface area contributed by atoms with Gasteiger partial charge in [0.15, 0.2) is 0 Å². The van der Waals surface area contributed by atoms with E-state index >= 15 is 0 Å². The molecular weight excluding hydrogens is 907 g/mol. The summed E-state index contributed by atoms with van der Waals surface area (Å²) in [7, 11) is 0. The summed E-state index contributed by atoms with van der Waals surface area (Å²) in [4.78, 5) is 66.0. The molecule has 0 atom stereocenters. The van der Waals surface area contributed by atoms with Gasteiger partial charge < -0.3 is 28.6 Å². The average Bonchev–Trinajstić information content (AvgIpc) is 3.37. The van der Waals surface area contributed by atoms with Crippen LogP contribution in [0.3, 0.4) is 0 Å². The van der Waals surface area contributed by atoms with Crippen LogP contribution in [-0.4, -0.2) is 86.4 Å². The Kier molecular flexibility index (Phi) is 51.2. The zero-order valence-electron chi connectivity index (χ0n) is 48.0. The van der Waals surface area contributed by atoms with Crippen molar-refractivity contribution in [2.24, 2.45) is 5.92 Å². The van der Waals surface area contributed by atoms with Crippen molar-refractivity contribution in [2.45, 2.75) is 317 Å². The first-order chi connectivity index (χ1) is 35.1. The van der Waals surface area contributed by atoms with Crippen LogP contribution in [0.25, 0.3) is 0 Å². The van der Waals surface area contributed by atoms with Gasteiger partial charge in [-0.2, -0.15) is 0 Å².